The Balaban J connectivity index is 1.95. The Morgan fingerprint density at radius 1 is 1.26 bits per heavy atom. The summed E-state index contributed by atoms with van der Waals surface area (Å²) in [6.07, 6.45) is 7.33. The smallest absolute Gasteiger partial charge is 0.125 e. The highest BCUT2D eigenvalue weighted by Gasteiger charge is 2.24. The van der Waals surface area contributed by atoms with Gasteiger partial charge < -0.3 is 4.57 Å². The molecule has 4 heteroatoms. The normalized spacial score (nSPS) is 23.9. The number of aromatic nitrogens is 2. The summed E-state index contributed by atoms with van der Waals surface area (Å²) in [5.74, 6) is 1.52. The van der Waals surface area contributed by atoms with Crippen molar-refractivity contribution >= 4 is 34.4 Å². The summed E-state index contributed by atoms with van der Waals surface area (Å²) < 4.78 is 2.39. The second-order valence-electron chi connectivity index (χ2n) is 5.19. The highest BCUT2D eigenvalue weighted by molar-refractivity contribution is 7.99. The minimum absolute atomic E-state index is 0.497. The molecule has 0 N–H and O–H groups in total. The molecule has 1 aliphatic carbocycles. The summed E-state index contributed by atoms with van der Waals surface area (Å²) in [6, 6.07) is 8.95. The molecule has 0 bridgehead atoms. The number of benzene rings is 1. The molecule has 2 nitrogen and oxygen atoms in total. The monoisotopic (exact) mass is 294 g/mol. The van der Waals surface area contributed by atoms with Gasteiger partial charge in [-0.15, -0.1) is 11.6 Å². The van der Waals surface area contributed by atoms with Gasteiger partial charge in [-0.25, -0.2) is 4.98 Å². The molecular weight excluding hydrogens is 276 g/mol. The first-order valence-electron chi connectivity index (χ1n) is 6.88. The summed E-state index contributed by atoms with van der Waals surface area (Å²) in [7, 11) is 0. The van der Waals surface area contributed by atoms with Crippen LogP contribution in [0.5, 0.6) is 0 Å². The number of para-hydroxylation sites is 2. The molecule has 0 spiro atoms. The number of thioether (sulfide) groups is 1. The standard InChI is InChI=1S/C15H19ClN2S/c1-19-12-8-6-11(7-9-12)18-14-5-3-2-4-13(14)17-15(18)10-16/h2-5,11-12H,6-10H2,1H3. The zero-order valence-corrected chi connectivity index (χ0v) is 12.8. The van der Waals surface area contributed by atoms with Gasteiger partial charge in [0, 0.05) is 11.3 Å². The van der Waals surface area contributed by atoms with Gasteiger partial charge in [-0.1, -0.05) is 12.1 Å². The van der Waals surface area contributed by atoms with Gasteiger partial charge in [0.2, 0.25) is 0 Å². The van der Waals surface area contributed by atoms with E-state index < -0.39 is 0 Å². The van der Waals surface area contributed by atoms with Crippen LogP contribution in [-0.4, -0.2) is 21.1 Å². The van der Waals surface area contributed by atoms with Crippen molar-refractivity contribution in [3.63, 3.8) is 0 Å². The molecule has 0 aliphatic heterocycles. The zero-order valence-electron chi connectivity index (χ0n) is 11.2. The third-order valence-electron chi connectivity index (χ3n) is 4.13. The van der Waals surface area contributed by atoms with Crippen molar-refractivity contribution in [2.75, 3.05) is 6.26 Å². The van der Waals surface area contributed by atoms with Crippen molar-refractivity contribution < 1.29 is 0 Å². The average Bonchev–Trinajstić information content (AvgIpc) is 2.86. The van der Waals surface area contributed by atoms with E-state index in [-0.39, 0.29) is 0 Å². The van der Waals surface area contributed by atoms with Crippen LogP contribution < -0.4 is 0 Å². The molecule has 0 atom stereocenters. The third kappa shape index (κ3) is 2.50. The Hall–Kier alpha value is -0.670. The summed E-state index contributed by atoms with van der Waals surface area (Å²) >= 11 is 8.10. The molecule has 0 saturated heterocycles. The predicted octanol–water partition coefficient (Wildman–Crippen LogP) is 4.62. The van der Waals surface area contributed by atoms with Crippen molar-refractivity contribution in [3.05, 3.63) is 30.1 Å². The number of nitrogens with zero attached hydrogens (tertiary/aromatic N) is 2. The number of hydrogen-bond donors (Lipinski definition) is 0. The van der Waals surface area contributed by atoms with Crippen molar-refractivity contribution in [1.29, 1.82) is 0 Å². The largest absolute Gasteiger partial charge is 0.324 e. The number of hydrogen-bond acceptors (Lipinski definition) is 2. The molecule has 3 rings (SSSR count). The van der Waals surface area contributed by atoms with Gasteiger partial charge in [0.05, 0.1) is 16.9 Å². The molecule has 1 aliphatic rings. The Morgan fingerprint density at radius 3 is 2.68 bits per heavy atom. The van der Waals surface area contributed by atoms with E-state index in [2.05, 4.69) is 34.0 Å². The van der Waals surface area contributed by atoms with Gasteiger partial charge in [-0.05, 0) is 44.1 Å². The van der Waals surface area contributed by atoms with E-state index in [1.807, 2.05) is 17.8 Å². The maximum atomic E-state index is 6.09. The van der Waals surface area contributed by atoms with E-state index in [1.165, 1.54) is 31.2 Å². The van der Waals surface area contributed by atoms with Crippen LogP contribution in [0.1, 0.15) is 37.5 Å². The molecule has 1 aromatic carbocycles. The Bertz CT molecular complexity index is 558. The molecule has 19 heavy (non-hydrogen) atoms. The van der Waals surface area contributed by atoms with Crippen LogP contribution in [0.4, 0.5) is 0 Å². The molecule has 1 saturated carbocycles. The second kappa shape index (κ2) is 5.76. The second-order valence-corrected chi connectivity index (χ2v) is 6.59. The van der Waals surface area contributed by atoms with Crippen LogP contribution in [-0.2, 0) is 5.88 Å². The quantitative estimate of drug-likeness (QED) is 0.769. The highest BCUT2D eigenvalue weighted by Crippen LogP contribution is 2.36. The van der Waals surface area contributed by atoms with E-state index >= 15 is 0 Å². The van der Waals surface area contributed by atoms with Crippen molar-refractivity contribution in [2.24, 2.45) is 0 Å². The van der Waals surface area contributed by atoms with Gasteiger partial charge >= 0.3 is 0 Å². The topological polar surface area (TPSA) is 17.8 Å². The zero-order chi connectivity index (χ0) is 13.2. The summed E-state index contributed by atoms with van der Waals surface area (Å²) in [6.45, 7) is 0. The molecule has 0 unspecified atom stereocenters. The lowest BCUT2D eigenvalue weighted by atomic mass is 9.94. The Kier molecular flexibility index (Phi) is 4.04. The average molecular weight is 295 g/mol. The van der Waals surface area contributed by atoms with Crippen LogP contribution in [0.25, 0.3) is 11.0 Å². The van der Waals surface area contributed by atoms with Crippen molar-refractivity contribution in [2.45, 2.75) is 42.9 Å². The van der Waals surface area contributed by atoms with E-state index in [4.69, 9.17) is 11.6 Å². The minimum atomic E-state index is 0.497. The number of imidazole rings is 1. The lowest BCUT2D eigenvalue weighted by Crippen LogP contribution is -2.20. The van der Waals surface area contributed by atoms with Gasteiger partial charge in [0.15, 0.2) is 0 Å². The lowest BCUT2D eigenvalue weighted by Gasteiger charge is -2.29. The first kappa shape index (κ1) is 13.3. The summed E-state index contributed by atoms with van der Waals surface area (Å²) in [4.78, 5) is 4.67. The van der Waals surface area contributed by atoms with Crippen LogP contribution in [0.2, 0.25) is 0 Å². The molecule has 0 radical (unpaired) electrons. The maximum absolute atomic E-state index is 6.09. The Labute approximate surface area is 123 Å². The molecule has 0 amide bonds. The summed E-state index contributed by atoms with van der Waals surface area (Å²) in [5.41, 5.74) is 2.32. The predicted molar refractivity (Wildman–Crippen MR) is 84.1 cm³/mol. The molecule has 1 aromatic heterocycles. The van der Waals surface area contributed by atoms with Crippen LogP contribution in [0.3, 0.4) is 0 Å². The van der Waals surface area contributed by atoms with E-state index in [1.54, 1.807) is 0 Å². The minimum Gasteiger partial charge on any atom is -0.324 e. The van der Waals surface area contributed by atoms with E-state index in [0.29, 0.717) is 11.9 Å². The number of rotatable bonds is 3. The molecule has 2 aromatic rings. The number of alkyl halides is 1. The van der Waals surface area contributed by atoms with Crippen molar-refractivity contribution in [1.82, 2.24) is 9.55 Å². The van der Waals surface area contributed by atoms with Crippen LogP contribution >= 0.6 is 23.4 Å². The fourth-order valence-corrected chi connectivity index (χ4v) is 4.07. The fraction of sp³-hybridized carbons (Fsp3) is 0.533. The molecule has 102 valence electrons. The maximum Gasteiger partial charge on any atom is 0.125 e. The first-order chi connectivity index (χ1) is 9.33. The fourth-order valence-electron chi connectivity index (χ4n) is 3.14. The Morgan fingerprint density at radius 2 is 2.00 bits per heavy atom. The van der Waals surface area contributed by atoms with Gasteiger partial charge in [-0.2, -0.15) is 11.8 Å². The van der Waals surface area contributed by atoms with Gasteiger partial charge in [-0.3, -0.25) is 0 Å². The van der Waals surface area contributed by atoms with Gasteiger partial charge in [0.25, 0.3) is 0 Å². The highest BCUT2D eigenvalue weighted by atomic mass is 35.5. The number of halogens is 1. The molecular formula is C15H19ClN2S. The summed E-state index contributed by atoms with van der Waals surface area (Å²) in [5, 5.41) is 0.838. The van der Waals surface area contributed by atoms with E-state index in [9.17, 15) is 0 Å². The lowest BCUT2D eigenvalue weighted by molar-refractivity contribution is 0.361. The first-order valence-corrected chi connectivity index (χ1v) is 8.70. The van der Waals surface area contributed by atoms with E-state index in [0.717, 1.165) is 16.6 Å². The SMILES string of the molecule is CSC1CCC(n2c(CCl)nc3ccccc32)CC1. The van der Waals surface area contributed by atoms with Crippen LogP contribution in [0.15, 0.2) is 24.3 Å². The van der Waals surface area contributed by atoms with Crippen LogP contribution in [0, 0.1) is 0 Å². The number of fused-ring (bicyclic) bond motifs is 1. The third-order valence-corrected chi connectivity index (χ3v) is 5.51. The molecule has 1 heterocycles. The van der Waals surface area contributed by atoms with Crippen molar-refractivity contribution in [3.8, 4) is 0 Å². The molecule has 1 fully saturated rings. The van der Waals surface area contributed by atoms with Gasteiger partial charge in [0.1, 0.15) is 5.82 Å².